The highest BCUT2D eigenvalue weighted by Gasteiger charge is 2.15. The predicted octanol–water partition coefficient (Wildman–Crippen LogP) is 10.7. The molecule has 41 heavy (non-hydrogen) atoms. The minimum absolute atomic E-state index is 1.10. The van der Waals surface area contributed by atoms with E-state index in [1.807, 2.05) is 12.2 Å². The van der Waals surface area contributed by atoms with Crippen molar-refractivity contribution < 1.29 is 0 Å². The molecule has 0 atom stereocenters. The molecule has 7 aromatic rings. The minimum Gasteiger partial charge on any atom is -0.309 e. The van der Waals surface area contributed by atoms with Crippen LogP contribution in [0.25, 0.3) is 73.4 Å². The van der Waals surface area contributed by atoms with Crippen molar-refractivity contribution >= 4 is 50.9 Å². The van der Waals surface area contributed by atoms with E-state index >= 15 is 0 Å². The van der Waals surface area contributed by atoms with Gasteiger partial charge in [-0.2, -0.15) is 0 Å². The first kappa shape index (κ1) is 24.7. The van der Waals surface area contributed by atoms with Gasteiger partial charge >= 0.3 is 0 Å². The van der Waals surface area contributed by atoms with Crippen LogP contribution in [0.15, 0.2) is 134 Å². The molecule has 5 aromatic carbocycles. The van der Waals surface area contributed by atoms with Crippen molar-refractivity contribution in [1.82, 2.24) is 9.13 Å². The van der Waals surface area contributed by atoms with E-state index in [0.717, 1.165) is 22.6 Å². The smallest absolute Gasteiger partial charge is 0.0541 e. The van der Waals surface area contributed by atoms with Crippen LogP contribution in [0, 0.1) is 0 Å². The van der Waals surface area contributed by atoms with E-state index in [2.05, 4.69) is 157 Å². The van der Waals surface area contributed by atoms with Gasteiger partial charge in [0.2, 0.25) is 0 Å². The molecule has 0 fully saturated rings. The lowest BCUT2D eigenvalue weighted by Crippen LogP contribution is -1.97. The van der Waals surface area contributed by atoms with E-state index in [0.29, 0.717) is 0 Å². The van der Waals surface area contributed by atoms with Crippen LogP contribution in [0.2, 0.25) is 0 Å². The largest absolute Gasteiger partial charge is 0.309 e. The SMILES string of the molecule is C=Cc1ccc2c(c1)c1ccccc1n2-c1ccc(-c2ccc(-n3c(C=C)c(/C=C\C)c4ccccc43)cc2)cc1. The van der Waals surface area contributed by atoms with Crippen molar-refractivity contribution in [3.8, 4) is 22.5 Å². The third kappa shape index (κ3) is 3.96. The average Bonchev–Trinajstić information content (AvgIpc) is 3.53. The van der Waals surface area contributed by atoms with Gasteiger partial charge in [0.25, 0.3) is 0 Å². The van der Waals surface area contributed by atoms with Crippen LogP contribution in [0.1, 0.15) is 23.7 Å². The summed E-state index contributed by atoms with van der Waals surface area (Å²) in [4.78, 5) is 0. The standard InChI is InChI=1S/C39H30N2/c1-4-11-32-33-12-7-9-14-37(33)40(36(32)6-3)30-21-17-28(18-22-30)29-19-23-31(24-20-29)41-38-15-10-8-13-34(38)35-26-27(5-2)16-25-39(35)41/h4-26H,2-3H2,1H3/b11-4-. The molecule has 0 spiro atoms. The lowest BCUT2D eigenvalue weighted by Gasteiger charge is -2.12. The number of hydrogen-bond donors (Lipinski definition) is 0. The fraction of sp³-hybridized carbons (Fsp3) is 0.0256. The van der Waals surface area contributed by atoms with Gasteiger partial charge < -0.3 is 9.13 Å². The first-order valence-corrected chi connectivity index (χ1v) is 14.0. The molecule has 196 valence electrons. The maximum atomic E-state index is 4.14. The van der Waals surface area contributed by atoms with Crippen LogP contribution in [0.3, 0.4) is 0 Å². The Morgan fingerprint density at radius 1 is 0.537 bits per heavy atom. The molecular weight excluding hydrogens is 496 g/mol. The lowest BCUT2D eigenvalue weighted by molar-refractivity contribution is 1.11. The fourth-order valence-corrected chi connectivity index (χ4v) is 6.11. The highest BCUT2D eigenvalue weighted by molar-refractivity contribution is 6.09. The number of nitrogens with zero attached hydrogens (tertiary/aromatic N) is 2. The van der Waals surface area contributed by atoms with Crippen LogP contribution < -0.4 is 0 Å². The maximum absolute atomic E-state index is 4.14. The van der Waals surface area contributed by atoms with Gasteiger partial charge in [-0.3, -0.25) is 0 Å². The molecule has 0 aliphatic carbocycles. The maximum Gasteiger partial charge on any atom is 0.0541 e. The predicted molar refractivity (Wildman–Crippen MR) is 178 cm³/mol. The van der Waals surface area contributed by atoms with Crippen molar-refractivity contribution in [3.05, 3.63) is 151 Å². The summed E-state index contributed by atoms with van der Waals surface area (Å²) in [6.45, 7) is 10.1. The zero-order valence-corrected chi connectivity index (χ0v) is 23.1. The van der Waals surface area contributed by atoms with E-state index < -0.39 is 0 Å². The molecule has 2 aromatic heterocycles. The topological polar surface area (TPSA) is 9.86 Å². The van der Waals surface area contributed by atoms with Crippen molar-refractivity contribution in [3.63, 3.8) is 0 Å². The third-order valence-corrected chi connectivity index (χ3v) is 8.00. The van der Waals surface area contributed by atoms with Gasteiger partial charge in [-0.15, -0.1) is 0 Å². The summed E-state index contributed by atoms with van der Waals surface area (Å²) in [5, 5.41) is 3.72. The van der Waals surface area contributed by atoms with Gasteiger partial charge in [-0.05, 0) is 78.2 Å². The normalized spacial score (nSPS) is 11.6. The molecule has 7 rings (SSSR count). The summed E-state index contributed by atoms with van der Waals surface area (Å²) < 4.78 is 4.64. The van der Waals surface area contributed by atoms with Gasteiger partial charge in [-0.1, -0.05) is 98.1 Å². The number of benzene rings is 5. The minimum atomic E-state index is 1.10. The molecule has 0 aliphatic rings. The molecule has 0 saturated carbocycles. The first-order valence-electron chi connectivity index (χ1n) is 14.0. The van der Waals surface area contributed by atoms with E-state index in [9.17, 15) is 0 Å². The number of hydrogen-bond acceptors (Lipinski definition) is 0. The number of para-hydroxylation sites is 2. The second-order valence-corrected chi connectivity index (χ2v) is 10.3. The van der Waals surface area contributed by atoms with Crippen LogP contribution in [-0.4, -0.2) is 9.13 Å². The molecule has 0 radical (unpaired) electrons. The summed E-state index contributed by atoms with van der Waals surface area (Å²) in [7, 11) is 0. The highest BCUT2D eigenvalue weighted by atomic mass is 15.0. The number of aromatic nitrogens is 2. The Labute approximate surface area is 240 Å². The van der Waals surface area contributed by atoms with Crippen LogP contribution in [0.4, 0.5) is 0 Å². The second kappa shape index (κ2) is 10.0. The quantitative estimate of drug-likeness (QED) is 0.204. The van der Waals surface area contributed by atoms with Crippen molar-refractivity contribution in [1.29, 1.82) is 0 Å². The molecule has 2 heterocycles. The van der Waals surface area contributed by atoms with Crippen molar-refractivity contribution in [2.24, 2.45) is 0 Å². The number of allylic oxidation sites excluding steroid dienone is 1. The molecule has 2 heteroatoms. The van der Waals surface area contributed by atoms with Gasteiger partial charge in [0, 0.05) is 33.1 Å². The van der Waals surface area contributed by atoms with Gasteiger partial charge in [0.05, 0.1) is 22.2 Å². The van der Waals surface area contributed by atoms with Gasteiger partial charge in [0.1, 0.15) is 0 Å². The Morgan fingerprint density at radius 3 is 1.71 bits per heavy atom. The van der Waals surface area contributed by atoms with Crippen LogP contribution in [-0.2, 0) is 0 Å². The zero-order valence-electron chi connectivity index (χ0n) is 23.1. The Kier molecular flexibility index (Phi) is 6.02. The van der Waals surface area contributed by atoms with Gasteiger partial charge in [0.15, 0.2) is 0 Å². The summed E-state index contributed by atoms with van der Waals surface area (Å²) in [5.41, 5.74) is 11.7. The molecule has 0 saturated heterocycles. The summed E-state index contributed by atoms with van der Waals surface area (Å²) in [5.74, 6) is 0. The molecule has 2 nitrogen and oxygen atoms in total. The fourth-order valence-electron chi connectivity index (χ4n) is 6.11. The lowest BCUT2D eigenvalue weighted by atomic mass is 10.0. The van der Waals surface area contributed by atoms with Crippen LogP contribution >= 0.6 is 0 Å². The molecule has 0 bridgehead atoms. The molecule has 0 unspecified atom stereocenters. The van der Waals surface area contributed by atoms with E-state index in [4.69, 9.17) is 0 Å². The van der Waals surface area contributed by atoms with E-state index in [1.165, 1.54) is 49.4 Å². The summed E-state index contributed by atoms with van der Waals surface area (Å²) >= 11 is 0. The number of rotatable bonds is 6. The molecule has 0 amide bonds. The van der Waals surface area contributed by atoms with E-state index in [1.54, 1.807) is 0 Å². The second-order valence-electron chi connectivity index (χ2n) is 10.3. The highest BCUT2D eigenvalue weighted by Crippen LogP contribution is 2.35. The van der Waals surface area contributed by atoms with Crippen molar-refractivity contribution in [2.75, 3.05) is 0 Å². The van der Waals surface area contributed by atoms with Crippen LogP contribution in [0.5, 0.6) is 0 Å². The molecule has 0 N–H and O–H groups in total. The Bertz CT molecular complexity index is 2110. The van der Waals surface area contributed by atoms with Gasteiger partial charge in [-0.25, -0.2) is 0 Å². The molecule has 0 aliphatic heterocycles. The summed E-state index contributed by atoms with van der Waals surface area (Å²) in [6, 6.07) is 41.4. The molecular formula is C39H30N2. The first-order chi connectivity index (χ1) is 20.2. The monoisotopic (exact) mass is 526 g/mol. The third-order valence-electron chi connectivity index (χ3n) is 8.00. The Hall–Kier alpha value is -5.34. The number of fused-ring (bicyclic) bond motifs is 4. The zero-order chi connectivity index (χ0) is 27.9. The van der Waals surface area contributed by atoms with E-state index in [-0.39, 0.29) is 0 Å². The summed E-state index contributed by atoms with van der Waals surface area (Å²) in [6.07, 6.45) is 8.11. The Morgan fingerprint density at radius 2 is 1.10 bits per heavy atom. The Balaban J connectivity index is 1.28. The average molecular weight is 527 g/mol. The van der Waals surface area contributed by atoms with Crippen molar-refractivity contribution in [2.45, 2.75) is 6.92 Å².